The minimum Gasteiger partial charge on any atom is -0.507 e. The van der Waals surface area contributed by atoms with Gasteiger partial charge in [-0.05, 0) is 108 Å². The van der Waals surface area contributed by atoms with Crippen molar-refractivity contribution in [3.63, 3.8) is 0 Å². The zero-order valence-electron chi connectivity index (χ0n) is 39.6. The summed E-state index contributed by atoms with van der Waals surface area (Å²) >= 11 is 0. The number of phenols is 2. The third-order valence-corrected chi connectivity index (χ3v) is 12.1. The monoisotopic (exact) mass is 834 g/mol. The summed E-state index contributed by atoms with van der Waals surface area (Å²) in [5, 5.41) is 25.2. The Hall–Kier alpha value is -4.12. The van der Waals surface area contributed by atoms with Crippen LogP contribution >= 0.6 is 0 Å². The Kier molecular flexibility index (Phi) is 13.7. The van der Waals surface area contributed by atoms with Gasteiger partial charge in [-0.2, -0.15) is 0 Å². The Morgan fingerprint density at radius 3 is 1.28 bits per heavy atom. The summed E-state index contributed by atoms with van der Waals surface area (Å²) in [6.07, 6.45) is 1.94. The summed E-state index contributed by atoms with van der Waals surface area (Å²) in [5.74, 6) is -0.468. The second-order valence-corrected chi connectivity index (χ2v) is 22.6. The van der Waals surface area contributed by atoms with Gasteiger partial charge in [-0.25, -0.2) is 4.79 Å². The first-order valence-electron chi connectivity index (χ1n) is 21.7. The van der Waals surface area contributed by atoms with Crippen molar-refractivity contribution in [3.8, 4) is 11.5 Å². The van der Waals surface area contributed by atoms with Crippen LogP contribution in [0.3, 0.4) is 0 Å². The number of phenolic OH excluding ortho intramolecular Hbond substituents is 2. The molecule has 334 valence electrons. The molecular formula is C49H75N3O8. The van der Waals surface area contributed by atoms with E-state index in [9.17, 15) is 29.4 Å². The molecule has 3 amide bonds. The highest BCUT2D eigenvalue weighted by Gasteiger charge is 2.61. The maximum absolute atomic E-state index is 14.1. The first-order chi connectivity index (χ1) is 27.2. The second-order valence-electron chi connectivity index (χ2n) is 22.6. The molecule has 0 bridgehead atoms. The van der Waals surface area contributed by atoms with E-state index in [0.29, 0.717) is 38.0 Å². The lowest BCUT2D eigenvalue weighted by Crippen LogP contribution is -2.70. The first-order valence-corrected chi connectivity index (χ1v) is 21.7. The number of carbonyl (C=O) groups is 4. The summed E-state index contributed by atoms with van der Waals surface area (Å²) < 4.78 is 11.3. The Balaban J connectivity index is 1.32. The van der Waals surface area contributed by atoms with Gasteiger partial charge >= 0.3 is 18.0 Å². The Morgan fingerprint density at radius 2 is 0.950 bits per heavy atom. The number of nitrogens with one attached hydrogen (secondary N) is 1. The first kappa shape index (κ1) is 48.5. The van der Waals surface area contributed by atoms with Crippen LogP contribution in [0.5, 0.6) is 11.5 Å². The number of piperidine rings is 1. The van der Waals surface area contributed by atoms with E-state index in [0.717, 1.165) is 38.3 Å². The summed E-state index contributed by atoms with van der Waals surface area (Å²) in [6.45, 7) is 33.3. The summed E-state index contributed by atoms with van der Waals surface area (Å²) in [7, 11) is 0. The molecular weight excluding hydrogens is 759 g/mol. The van der Waals surface area contributed by atoms with Crippen molar-refractivity contribution >= 4 is 23.9 Å². The smallest absolute Gasteiger partial charge is 0.325 e. The molecule has 2 aliphatic heterocycles. The molecule has 0 atom stereocenters. The highest BCUT2D eigenvalue weighted by Crippen LogP contribution is 2.46. The maximum Gasteiger partial charge on any atom is 0.325 e. The topological polar surface area (TPSA) is 146 Å². The fourth-order valence-corrected chi connectivity index (χ4v) is 9.38. The average molecular weight is 834 g/mol. The predicted octanol–water partition coefficient (Wildman–Crippen LogP) is 8.88. The number of benzene rings is 2. The number of carbonyl (C=O) groups excluding carboxylic acids is 4. The Morgan fingerprint density at radius 1 is 0.617 bits per heavy atom. The van der Waals surface area contributed by atoms with Gasteiger partial charge < -0.3 is 25.0 Å². The van der Waals surface area contributed by atoms with Gasteiger partial charge in [0.1, 0.15) is 30.3 Å². The minimum absolute atomic E-state index is 0.0561. The van der Waals surface area contributed by atoms with Crippen LogP contribution in [0.4, 0.5) is 4.79 Å². The molecule has 1 spiro atoms. The fraction of sp³-hybridized carbons (Fsp3) is 0.673. The number of imide groups is 1. The van der Waals surface area contributed by atoms with Crippen LogP contribution in [0.2, 0.25) is 0 Å². The molecule has 0 saturated carbocycles. The standard InChI is InChI=1S/C49H75N3O8/c1-43(2,3)33-25-31(26-34(39(33)55)44(4,5)6)17-19-37(53)59-23-21-51-41(57)49(50-42(51)58)29-47(13,14)52(48(15,16)30-49)22-24-60-38(54)20-18-32-27-35(45(7,8)9)40(56)36(28-32)46(10,11)12/h25-28,55-56H,17-24,29-30H2,1-16H3,(H,50,58). The molecule has 60 heavy (non-hydrogen) atoms. The Bertz CT molecular complexity index is 1860. The van der Waals surface area contributed by atoms with Crippen LogP contribution in [0.25, 0.3) is 0 Å². The van der Waals surface area contributed by atoms with Gasteiger partial charge in [-0.3, -0.25) is 24.2 Å². The van der Waals surface area contributed by atoms with Gasteiger partial charge in [-0.1, -0.05) is 107 Å². The maximum atomic E-state index is 14.1. The molecule has 0 aliphatic carbocycles. The van der Waals surface area contributed by atoms with Crippen LogP contribution < -0.4 is 5.32 Å². The van der Waals surface area contributed by atoms with Crippen molar-refractivity contribution in [2.75, 3.05) is 26.3 Å². The lowest BCUT2D eigenvalue weighted by atomic mass is 9.69. The molecule has 2 aromatic rings. The van der Waals surface area contributed by atoms with Crippen LogP contribution in [0.15, 0.2) is 24.3 Å². The van der Waals surface area contributed by atoms with Crippen molar-refractivity contribution in [2.24, 2.45) is 0 Å². The molecule has 2 heterocycles. The number of ether oxygens (including phenoxy) is 2. The highest BCUT2D eigenvalue weighted by atomic mass is 16.5. The molecule has 0 radical (unpaired) electrons. The van der Waals surface area contributed by atoms with Crippen LogP contribution in [-0.4, -0.2) is 86.8 Å². The van der Waals surface area contributed by atoms with E-state index in [2.05, 4.69) is 51.8 Å². The summed E-state index contributed by atoms with van der Waals surface area (Å²) in [4.78, 5) is 56.7. The summed E-state index contributed by atoms with van der Waals surface area (Å²) in [5.41, 5.74) is 1.95. The van der Waals surface area contributed by atoms with E-state index >= 15 is 0 Å². The quantitative estimate of drug-likeness (QED) is 0.141. The molecule has 2 aromatic carbocycles. The lowest BCUT2D eigenvalue weighted by molar-refractivity contribution is -0.150. The molecule has 2 fully saturated rings. The van der Waals surface area contributed by atoms with Crippen LogP contribution in [0, 0.1) is 0 Å². The third kappa shape index (κ3) is 11.0. The van der Waals surface area contributed by atoms with Gasteiger partial charge in [0.25, 0.3) is 5.91 Å². The van der Waals surface area contributed by atoms with Crippen LogP contribution in [-0.2, 0) is 58.4 Å². The Labute approximate surface area is 360 Å². The van der Waals surface area contributed by atoms with E-state index in [-0.39, 0.29) is 71.9 Å². The van der Waals surface area contributed by atoms with E-state index in [1.165, 1.54) is 0 Å². The number of esters is 2. The number of aryl methyl sites for hydroxylation is 2. The number of urea groups is 1. The van der Waals surface area contributed by atoms with Crippen LogP contribution in [0.1, 0.15) is 170 Å². The van der Waals surface area contributed by atoms with E-state index in [1.54, 1.807) is 0 Å². The predicted molar refractivity (Wildman–Crippen MR) is 237 cm³/mol. The number of amides is 3. The number of likely N-dealkylation sites (tertiary alicyclic amines) is 1. The van der Waals surface area contributed by atoms with Crippen molar-refractivity contribution in [2.45, 2.75) is 188 Å². The zero-order valence-corrected chi connectivity index (χ0v) is 39.6. The van der Waals surface area contributed by atoms with Gasteiger partial charge in [0.2, 0.25) is 0 Å². The van der Waals surface area contributed by atoms with Gasteiger partial charge in [0.15, 0.2) is 0 Å². The normalized spacial score (nSPS) is 18.2. The molecule has 11 nitrogen and oxygen atoms in total. The van der Waals surface area contributed by atoms with Crippen molar-refractivity contribution in [3.05, 3.63) is 57.6 Å². The van der Waals surface area contributed by atoms with Crippen molar-refractivity contribution in [1.82, 2.24) is 15.1 Å². The molecule has 2 aliphatic rings. The largest absolute Gasteiger partial charge is 0.507 e. The molecule has 0 unspecified atom stereocenters. The number of nitrogens with zero attached hydrogens (tertiary/aromatic N) is 2. The van der Waals surface area contributed by atoms with E-state index < -0.39 is 28.6 Å². The molecule has 3 N–H and O–H groups in total. The second kappa shape index (κ2) is 17.0. The average Bonchev–Trinajstić information content (AvgIpc) is 3.28. The fourth-order valence-electron chi connectivity index (χ4n) is 9.38. The van der Waals surface area contributed by atoms with Gasteiger partial charge in [0, 0.05) is 30.5 Å². The SMILES string of the molecule is CC(C)(C)c1cc(CCC(=O)OCCN2C(=O)NC3(CC(C)(C)N(CCOC(=O)CCc4cc(C(C)(C)C)c(O)c(C(C)(C)C)c4)C(C)(C)C3)C2=O)cc(C(C)(C)C)c1O. The zero-order chi connectivity index (χ0) is 45.6. The highest BCUT2D eigenvalue weighted by molar-refractivity contribution is 6.07. The lowest BCUT2D eigenvalue weighted by Gasteiger charge is -2.57. The molecule has 2 saturated heterocycles. The number of rotatable bonds is 12. The van der Waals surface area contributed by atoms with Gasteiger partial charge in [0.05, 0.1) is 6.54 Å². The molecule has 11 heteroatoms. The van der Waals surface area contributed by atoms with Gasteiger partial charge in [-0.15, -0.1) is 0 Å². The number of hydrogen-bond donors (Lipinski definition) is 3. The van der Waals surface area contributed by atoms with Crippen molar-refractivity contribution in [1.29, 1.82) is 0 Å². The third-order valence-electron chi connectivity index (χ3n) is 12.1. The molecule has 4 rings (SSSR count). The molecule has 0 aromatic heterocycles. The number of hydrogen-bond acceptors (Lipinski definition) is 9. The van der Waals surface area contributed by atoms with E-state index in [4.69, 9.17) is 9.47 Å². The minimum atomic E-state index is -1.13. The van der Waals surface area contributed by atoms with Crippen molar-refractivity contribution < 1.29 is 38.9 Å². The van der Waals surface area contributed by atoms with E-state index in [1.807, 2.05) is 93.5 Å². The summed E-state index contributed by atoms with van der Waals surface area (Å²) in [6, 6.07) is 7.40. The number of aromatic hydroxyl groups is 2.